The van der Waals surface area contributed by atoms with Crippen LogP contribution < -0.4 is 20.1 Å². The number of ether oxygens (including phenoxy) is 2. The van der Waals surface area contributed by atoms with E-state index in [4.69, 9.17) is 14.5 Å². The Morgan fingerprint density at radius 2 is 1.58 bits per heavy atom. The van der Waals surface area contributed by atoms with Crippen molar-refractivity contribution >= 4 is 56.7 Å². The lowest BCUT2D eigenvalue weighted by atomic mass is 10.2. The Labute approximate surface area is 263 Å². The Morgan fingerprint density at radius 1 is 0.884 bits per heavy atom. The van der Waals surface area contributed by atoms with Crippen LogP contribution in [-0.2, 0) is 16.3 Å². The molecule has 222 valence electrons. The first kappa shape index (κ1) is 30.9. The third-order valence-electron chi connectivity index (χ3n) is 6.54. The molecule has 1 heterocycles. The molecule has 0 radical (unpaired) electrons. The van der Waals surface area contributed by atoms with Crippen molar-refractivity contribution in [2.45, 2.75) is 16.4 Å². The number of nitrogens with one attached hydrogen (secondary N) is 2. The number of hydrogen-bond donors (Lipinski definition) is 2. The van der Waals surface area contributed by atoms with Crippen molar-refractivity contribution in [3.05, 3.63) is 102 Å². The highest BCUT2D eigenvalue weighted by Crippen LogP contribution is 2.37. The summed E-state index contributed by atoms with van der Waals surface area (Å²) in [6.45, 7) is 0.946. The number of nitrogens with zero attached hydrogens (tertiary/aromatic N) is 1. The van der Waals surface area contributed by atoms with Crippen molar-refractivity contribution in [2.75, 3.05) is 38.4 Å². The van der Waals surface area contributed by atoms with Crippen LogP contribution in [0, 0.1) is 5.82 Å². The van der Waals surface area contributed by atoms with Gasteiger partial charge in [0.15, 0.2) is 0 Å². The maximum absolute atomic E-state index is 13.8. The first-order valence-corrected chi connectivity index (χ1v) is 16.6. The quantitative estimate of drug-likeness (QED) is 0.0953. The smallest absolute Gasteiger partial charge is 0.238 e. The summed E-state index contributed by atoms with van der Waals surface area (Å²) in [5.74, 6) is 3.79. The first-order chi connectivity index (χ1) is 21.0. The molecule has 0 saturated carbocycles. The van der Waals surface area contributed by atoms with Gasteiger partial charge >= 0.3 is 0 Å². The van der Waals surface area contributed by atoms with Crippen LogP contribution in [0.3, 0.4) is 0 Å². The van der Waals surface area contributed by atoms with Gasteiger partial charge in [0, 0.05) is 34.3 Å². The molecule has 0 atom stereocenters. The van der Waals surface area contributed by atoms with Crippen molar-refractivity contribution < 1.29 is 18.7 Å². The van der Waals surface area contributed by atoms with Crippen molar-refractivity contribution in [3.63, 3.8) is 0 Å². The molecule has 4 aromatic carbocycles. The van der Waals surface area contributed by atoms with Gasteiger partial charge in [0.2, 0.25) is 5.91 Å². The number of aromatic nitrogens is 1. The molecule has 0 aliphatic carbocycles. The van der Waals surface area contributed by atoms with Crippen LogP contribution in [-0.4, -0.2) is 44.0 Å². The highest BCUT2D eigenvalue weighted by atomic mass is 32.2. The fraction of sp³-hybridized carbons (Fsp3) is 0.212. The maximum Gasteiger partial charge on any atom is 0.238 e. The Bertz CT molecular complexity index is 1660. The number of methoxy groups -OCH3 is 2. The number of amides is 1. The summed E-state index contributed by atoms with van der Waals surface area (Å²) in [7, 11) is 3.31. The zero-order valence-electron chi connectivity index (χ0n) is 23.9. The minimum absolute atomic E-state index is 0.102. The van der Waals surface area contributed by atoms with Crippen molar-refractivity contribution in [2.24, 2.45) is 0 Å². The van der Waals surface area contributed by atoms with Crippen LogP contribution in [0.1, 0.15) is 11.1 Å². The third-order valence-corrected chi connectivity index (χ3v) is 9.77. The summed E-state index contributed by atoms with van der Waals surface area (Å²) < 4.78 is 25.0. The normalized spacial score (nSPS) is 11.0. The summed E-state index contributed by atoms with van der Waals surface area (Å²) in [4.78, 5) is 18.5. The van der Waals surface area contributed by atoms with Crippen LogP contribution in [0.15, 0.2) is 89.8 Å². The van der Waals surface area contributed by atoms with Gasteiger partial charge in [-0.05, 0) is 71.8 Å². The number of thioether (sulfide) groups is 2. The average Bonchev–Trinajstić information content (AvgIpc) is 3.46. The van der Waals surface area contributed by atoms with Crippen LogP contribution in [0.5, 0.6) is 11.5 Å². The molecule has 5 rings (SSSR count). The molecule has 2 N–H and O–H groups in total. The maximum atomic E-state index is 13.8. The molecule has 0 aliphatic heterocycles. The van der Waals surface area contributed by atoms with E-state index in [1.54, 1.807) is 32.0 Å². The number of fused-ring (bicyclic) bond motifs is 1. The van der Waals surface area contributed by atoms with Crippen LogP contribution in [0.4, 0.5) is 10.1 Å². The molecular formula is C33H32FN3O3S3. The second kappa shape index (κ2) is 15.2. The minimum atomic E-state index is -0.277. The van der Waals surface area contributed by atoms with Crippen molar-refractivity contribution in [1.82, 2.24) is 10.3 Å². The second-order valence-electron chi connectivity index (χ2n) is 9.60. The molecule has 1 aromatic heterocycles. The first-order valence-electron chi connectivity index (χ1n) is 13.7. The van der Waals surface area contributed by atoms with Crippen LogP contribution >= 0.6 is 34.9 Å². The molecule has 0 aliphatic rings. The number of carbonyl (C=O) groups excluding carboxylic acids is 1. The van der Waals surface area contributed by atoms with Gasteiger partial charge in [-0.25, -0.2) is 9.37 Å². The molecular weight excluding hydrogens is 602 g/mol. The van der Waals surface area contributed by atoms with E-state index < -0.39 is 0 Å². The van der Waals surface area contributed by atoms with Gasteiger partial charge in [-0.15, -0.1) is 23.1 Å². The Kier molecular flexibility index (Phi) is 10.9. The van der Waals surface area contributed by atoms with E-state index in [1.165, 1.54) is 29.0 Å². The number of carbonyl (C=O) groups is 1. The largest absolute Gasteiger partial charge is 0.497 e. The fourth-order valence-electron chi connectivity index (χ4n) is 4.24. The van der Waals surface area contributed by atoms with E-state index >= 15 is 0 Å². The molecule has 0 fully saturated rings. The summed E-state index contributed by atoms with van der Waals surface area (Å²) in [5.41, 5.74) is 4.81. The lowest BCUT2D eigenvalue weighted by Crippen LogP contribution is -2.29. The Morgan fingerprint density at radius 3 is 2.28 bits per heavy atom. The second-order valence-corrected chi connectivity index (χ2v) is 12.8. The van der Waals surface area contributed by atoms with Crippen LogP contribution in [0.25, 0.3) is 20.8 Å². The highest BCUT2D eigenvalue weighted by Gasteiger charge is 2.13. The number of benzene rings is 4. The fourth-order valence-corrected chi connectivity index (χ4v) is 7.08. The van der Waals surface area contributed by atoms with E-state index in [1.807, 2.05) is 66.4 Å². The molecule has 0 spiro atoms. The van der Waals surface area contributed by atoms with Crippen LogP contribution in [0.2, 0.25) is 0 Å². The lowest BCUT2D eigenvalue weighted by molar-refractivity contribution is -0.115. The number of anilines is 1. The van der Waals surface area contributed by atoms with Gasteiger partial charge in [-0.1, -0.05) is 24.3 Å². The lowest BCUT2D eigenvalue weighted by Gasteiger charge is -2.13. The molecule has 0 saturated heterocycles. The zero-order valence-corrected chi connectivity index (χ0v) is 26.3. The predicted octanol–water partition coefficient (Wildman–Crippen LogP) is 7.87. The van der Waals surface area contributed by atoms with Gasteiger partial charge < -0.3 is 20.1 Å². The highest BCUT2D eigenvalue weighted by molar-refractivity contribution is 7.98. The Balaban J connectivity index is 1.20. The van der Waals surface area contributed by atoms with Gasteiger partial charge in [0.1, 0.15) is 22.3 Å². The number of halogens is 1. The van der Waals surface area contributed by atoms with E-state index in [2.05, 4.69) is 22.8 Å². The van der Waals surface area contributed by atoms with Gasteiger partial charge in [-0.3, -0.25) is 4.79 Å². The molecule has 10 heteroatoms. The van der Waals surface area contributed by atoms with Gasteiger partial charge in [0.25, 0.3) is 0 Å². The molecule has 6 nitrogen and oxygen atoms in total. The molecule has 1 amide bonds. The topological polar surface area (TPSA) is 72.5 Å². The molecule has 0 unspecified atom stereocenters. The standard InChI is InChI=1S/C33H32FN3O3S3/c1-39-26-9-3-22(4-10-26)20-41-16-15-35-19-32(38)36-28-13-7-24(33-37-29-14-8-25(34)18-31(29)43-33)17-30(28)42-21-23-5-11-27(40-2)12-6-23/h3-14,17-18,35H,15-16,19-21H2,1-2H3,(H,36,38). The summed E-state index contributed by atoms with van der Waals surface area (Å²) in [6.07, 6.45) is 0. The zero-order chi connectivity index (χ0) is 30.0. The number of hydrogen-bond acceptors (Lipinski definition) is 8. The summed E-state index contributed by atoms with van der Waals surface area (Å²) in [5, 5.41) is 7.13. The average molecular weight is 634 g/mol. The molecule has 0 bridgehead atoms. The van der Waals surface area contributed by atoms with E-state index in [9.17, 15) is 9.18 Å². The van der Waals surface area contributed by atoms with E-state index in [-0.39, 0.29) is 18.3 Å². The van der Waals surface area contributed by atoms with E-state index in [0.29, 0.717) is 5.75 Å². The number of rotatable bonds is 14. The third kappa shape index (κ3) is 8.73. The number of thiazole rings is 1. The Hall–Kier alpha value is -3.57. The molecule has 43 heavy (non-hydrogen) atoms. The summed E-state index contributed by atoms with van der Waals surface area (Å²) >= 11 is 4.90. The molecule has 5 aromatic rings. The van der Waals surface area contributed by atoms with Crippen molar-refractivity contribution in [3.8, 4) is 22.1 Å². The van der Waals surface area contributed by atoms with Crippen molar-refractivity contribution in [1.29, 1.82) is 0 Å². The van der Waals surface area contributed by atoms with Gasteiger partial charge in [0.05, 0.1) is 36.7 Å². The van der Waals surface area contributed by atoms with E-state index in [0.717, 1.165) is 66.5 Å². The van der Waals surface area contributed by atoms with Gasteiger partial charge in [-0.2, -0.15) is 11.8 Å². The predicted molar refractivity (Wildman–Crippen MR) is 178 cm³/mol. The summed E-state index contributed by atoms with van der Waals surface area (Å²) in [6, 6.07) is 26.6. The monoisotopic (exact) mass is 633 g/mol. The minimum Gasteiger partial charge on any atom is -0.497 e. The SMILES string of the molecule is COc1ccc(CSCCNCC(=O)Nc2ccc(-c3nc4ccc(F)cc4s3)cc2SCc2ccc(OC)cc2)cc1.